The molecular weight excluding hydrogens is 226 g/mol. The quantitative estimate of drug-likeness (QED) is 0.874. The predicted molar refractivity (Wildman–Crippen MR) is 71.6 cm³/mol. The zero-order valence-electron chi connectivity index (χ0n) is 11.8. The van der Waals surface area contributed by atoms with Crippen molar-refractivity contribution >= 4 is 5.91 Å². The number of amides is 1. The highest BCUT2D eigenvalue weighted by Crippen LogP contribution is 2.24. The van der Waals surface area contributed by atoms with Crippen molar-refractivity contribution < 1.29 is 4.79 Å². The summed E-state index contributed by atoms with van der Waals surface area (Å²) in [7, 11) is 1.88. The van der Waals surface area contributed by atoms with Crippen LogP contribution in [0.3, 0.4) is 0 Å². The maximum absolute atomic E-state index is 12.3. The van der Waals surface area contributed by atoms with Gasteiger partial charge in [0.15, 0.2) is 0 Å². The average Bonchev–Trinajstić information content (AvgIpc) is 2.56. The summed E-state index contributed by atoms with van der Waals surface area (Å²) in [6.45, 7) is 6.12. The van der Waals surface area contributed by atoms with E-state index in [0.29, 0.717) is 6.04 Å². The summed E-state index contributed by atoms with van der Waals surface area (Å²) in [5, 5.41) is 7.45. The average molecular weight is 249 g/mol. The molecular formula is C14H23N3O. The third-order valence-corrected chi connectivity index (χ3v) is 4.09. The number of carbonyl (C=O) groups is 1. The van der Waals surface area contributed by atoms with Gasteiger partial charge in [-0.05, 0) is 45.4 Å². The fraction of sp³-hybridized carbons (Fsp3) is 0.714. The molecule has 1 aliphatic rings. The van der Waals surface area contributed by atoms with Gasteiger partial charge >= 0.3 is 0 Å². The van der Waals surface area contributed by atoms with Crippen LogP contribution in [0.1, 0.15) is 54.4 Å². The molecule has 1 heterocycles. The number of aryl methyl sites for hydroxylation is 2. The number of nitrogens with zero attached hydrogens (tertiary/aromatic N) is 2. The Bertz CT molecular complexity index is 442. The fourth-order valence-electron chi connectivity index (χ4n) is 2.76. The number of hydrogen-bond acceptors (Lipinski definition) is 2. The molecule has 1 aliphatic carbocycles. The Hall–Kier alpha value is -1.32. The number of hydrogen-bond donors (Lipinski definition) is 1. The summed E-state index contributed by atoms with van der Waals surface area (Å²) in [6, 6.07) is 0.340. The minimum Gasteiger partial charge on any atom is -0.349 e. The van der Waals surface area contributed by atoms with Gasteiger partial charge in [0.1, 0.15) is 0 Å². The van der Waals surface area contributed by atoms with Gasteiger partial charge in [-0.3, -0.25) is 9.48 Å². The predicted octanol–water partition coefficient (Wildman–Crippen LogP) is 2.35. The van der Waals surface area contributed by atoms with Crippen LogP contribution in [0.25, 0.3) is 0 Å². The molecule has 1 saturated carbocycles. The van der Waals surface area contributed by atoms with Crippen molar-refractivity contribution in [3.8, 4) is 0 Å². The SMILES string of the molecule is Cc1nn(C)c(C)c1C(=O)NC1CCC(C)CC1. The standard InChI is InChI=1S/C14H23N3O/c1-9-5-7-12(8-6-9)15-14(18)13-10(2)16-17(4)11(13)3/h9,12H,5-8H2,1-4H3,(H,15,18). The second-order valence-electron chi connectivity index (χ2n) is 5.60. The Morgan fingerprint density at radius 1 is 1.28 bits per heavy atom. The van der Waals surface area contributed by atoms with Crippen molar-refractivity contribution in [1.29, 1.82) is 0 Å². The largest absolute Gasteiger partial charge is 0.349 e. The van der Waals surface area contributed by atoms with Crippen LogP contribution < -0.4 is 5.32 Å². The number of carbonyl (C=O) groups excluding carboxylic acids is 1. The minimum absolute atomic E-state index is 0.0395. The van der Waals surface area contributed by atoms with E-state index < -0.39 is 0 Å². The summed E-state index contributed by atoms with van der Waals surface area (Å²) < 4.78 is 1.77. The summed E-state index contributed by atoms with van der Waals surface area (Å²) in [6.07, 6.45) is 4.64. The molecule has 0 radical (unpaired) electrons. The van der Waals surface area contributed by atoms with Crippen LogP contribution in [0.15, 0.2) is 0 Å². The van der Waals surface area contributed by atoms with Crippen molar-refractivity contribution in [3.63, 3.8) is 0 Å². The van der Waals surface area contributed by atoms with E-state index in [9.17, 15) is 4.79 Å². The molecule has 0 atom stereocenters. The molecule has 0 aliphatic heterocycles. The van der Waals surface area contributed by atoms with E-state index in [-0.39, 0.29) is 5.91 Å². The first-order valence-electron chi connectivity index (χ1n) is 6.80. The number of nitrogens with one attached hydrogen (secondary N) is 1. The molecule has 1 aromatic rings. The third-order valence-electron chi connectivity index (χ3n) is 4.09. The van der Waals surface area contributed by atoms with Crippen LogP contribution in [0.4, 0.5) is 0 Å². The van der Waals surface area contributed by atoms with Crippen LogP contribution in [-0.2, 0) is 7.05 Å². The fourth-order valence-corrected chi connectivity index (χ4v) is 2.76. The molecule has 0 spiro atoms. The molecule has 100 valence electrons. The first-order chi connectivity index (χ1) is 8.49. The van der Waals surface area contributed by atoms with Crippen LogP contribution in [0.5, 0.6) is 0 Å². The molecule has 1 amide bonds. The van der Waals surface area contributed by atoms with Gasteiger partial charge < -0.3 is 5.32 Å². The second kappa shape index (κ2) is 5.12. The molecule has 4 heteroatoms. The van der Waals surface area contributed by atoms with Gasteiger partial charge in [-0.25, -0.2) is 0 Å². The summed E-state index contributed by atoms with van der Waals surface area (Å²) >= 11 is 0. The van der Waals surface area contributed by atoms with E-state index >= 15 is 0 Å². The molecule has 0 bridgehead atoms. The van der Waals surface area contributed by atoms with E-state index in [1.165, 1.54) is 12.8 Å². The highest BCUT2D eigenvalue weighted by Gasteiger charge is 2.23. The number of rotatable bonds is 2. The lowest BCUT2D eigenvalue weighted by atomic mass is 9.87. The Morgan fingerprint density at radius 3 is 2.39 bits per heavy atom. The Morgan fingerprint density at radius 2 is 1.89 bits per heavy atom. The lowest BCUT2D eigenvalue weighted by Gasteiger charge is -2.26. The number of aromatic nitrogens is 2. The molecule has 0 aromatic carbocycles. The van der Waals surface area contributed by atoms with Gasteiger partial charge in [0, 0.05) is 18.8 Å². The summed E-state index contributed by atoms with van der Waals surface area (Å²) in [5.41, 5.74) is 2.50. The molecule has 1 N–H and O–H groups in total. The van der Waals surface area contributed by atoms with E-state index in [1.54, 1.807) is 4.68 Å². The van der Waals surface area contributed by atoms with Crippen LogP contribution in [-0.4, -0.2) is 21.7 Å². The van der Waals surface area contributed by atoms with Crippen molar-refractivity contribution in [1.82, 2.24) is 15.1 Å². The molecule has 4 nitrogen and oxygen atoms in total. The molecule has 2 rings (SSSR count). The highest BCUT2D eigenvalue weighted by atomic mass is 16.1. The lowest BCUT2D eigenvalue weighted by molar-refractivity contribution is 0.0921. The zero-order valence-corrected chi connectivity index (χ0v) is 11.8. The first-order valence-corrected chi connectivity index (χ1v) is 6.80. The van der Waals surface area contributed by atoms with E-state index in [1.807, 2.05) is 20.9 Å². The lowest BCUT2D eigenvalue weighted by Crippen LogP contribution is -2.37. The van der Waals surface area contributed by atoms with Crippen LogP contribution in [0.2, 0.25) is 0 Å². The summed E-state index contributed by atoms with van der Waals surface area (Å²) in [5.74, 6) is 0.845. The van der Waals surface area contributed by atoms with Gasteiger partial charge in [-0.2, -0.15) is 5.10 Å². The van der Waals surface area contributed by atoms with Gasteiger partial charge in [0.2, 0.25) is 0 Å². The topological polar surface area (TPSA) is 46.9 Å². The molecule has 0 unspecified atom stereocenters. The second-order valence-corrected chi connectivity index (χ2v) is 5.60. The zero-order chi connectivity index (χ0) is 13.3. The smallest absolute Gasteiger partial charge is 0.255 e. The first kappa shape index (κ1) is 13.1. The van der Waals surface area contributed by atoms with Crippen molar-refractivity contribution in [2.24, 2.45) is 13.0 Å². The summed E-state index contributed by atoms with van der Waals surface area (Å²) in [4.78, 5) is 12.3. The monoisotopic (exact) mass is 249 g/mol. The maximum atomic E-state index is 12.3. The molecule has 1 fully saturated rings. The van der Waals surface area contributed by atoms with Crippen LogP contribution in [0, 0.1) is 19.8 Å². The Balaban J connectivity index is 2.04. The van der Waals surface area contributed by atoms with Crippen molar-refractivity contribution in [3.05, 3.63) is 17.0 Å². The molecule has 0 saturated heterocycles. The highest BCUT2D eigenvalue weighted by molar-refractivity contribution is 5.96. The van der Waals surface area contributed by atoms with E-state index in [0.717, 1.165) is 35.7 Å². The van der Waals surface area contributed by atoms with E-state index in [2.05, 4.69) is 17.3 Å². The van der Waals surface area contributed by atoms with Crippen molar-refractivity contribution in [2.45, 2.75) is 52.5 Å². The normalized spacial score (nSPS) is 24.0. The van der Waals surface area contributed by atoms with Crippen molar-refractivity contribution in [2.75, 3.05) is 0 Å². The third kappa shape index (κ3) is 2.57. The van der Waals surface area contributed by atoms with Gasteiger partial charge in [0.05, 0.1) is 11.3 Å². The maximum Gasteiger partial charge on any atom is 0.255 e. The minimum atomic E-state index is 0.0395. The molecule has 18 heavy (non-hydrogen) atoms. The Kier molecular flexibility index (Phi) is 3.73. The van der Waals surface area contributed by atoms with Gasteiger partial charge in [-0.15, -0.1) is 0 Å². The molecule has 1 aromatic heterocycles. The van der Waals surface area contributed by atoms with Gasteiger partial charge in [-0.1, -0.05) is 6.92 Å². The Labute approximate surface area is 109 Å². The van der Waals surface area contributed by atoms with Gasteiger partial charge in [0.25, 0.3) is 5.91 Å². The van der Waals surface area contributed by atoms with E-state index in [4.69, 9.17) is 0 Å². The van der Waals surface area contributed by atoms with Crippen LogP contribution >= 0.6 is 0 Å².